The van der Waals surface area contributed by atoms with Gasteiger partial charge >= 0.3 is 5.97 Å². The first-order valence-electron chi connectivity index (χ1n) is 6.07. The topological polar surface area (TPSA) is 75.1 Å². The lowest BCUT2D eigenvalue weighted by molar-refractivity contribution is -0.133. The molecule has 0 aliphatic rings. The molecule has 0 aliphatic heterocycles. The van der Waals surface area contributed by atoms with E-state index in [1.54, 1.807) is 12.3 Å². The van der Waals surface area contributed by atoms with Gasteiger partial charge in [0.05, 0.1) is 5.75 Å². The zero-order chi connectivity index (χ0) is 14.5. The molecule has 2 N–H and O–H groups in total. The molecule has 0 unspecified atom stereocenters. The number of hydrogen-bond donors (Lipinski definition) is 2. The number of aromatic nitrogens is 2. The van der Waals surface area contributed by atoms with E-state index >= 15 is 0 Å². The minimum atomic E-state index is -0.883. The summed E-state index contributed by atoms with van der Waals surface area (Å²) in [5.41, 5.74) is 3.34. The highest BCUT2D eigenvalue weighted by Crippen LogP contribution is 2.22. The number of thioether (sulfide) groups is 1. The fraction of sp³-hybridized carbons (Fsp3) is 0.214. The number of rotatable bonds is 5. The van der Waals surface area contributed by atoms with Gasteiger partial charge < -0.3 is 10.4 Å². The van der Waals surface area contributed by atoms with E-state index in [1.807, 2.05) is 19.1 Å². The molecule has 1 aromatic heterocycles. The highest BCUT2D eigenvalue weighted by molar-refractivity contribution is 7.99. The van der Waals surface area contributed by atoms with E-state index in [4.69, 9.17) is 5.11 Å². The number of benzene rings is 1. The smallest absolute Gasteiger partial charge is 0.313 e. The Morgan fingerprint density at radius 1 is 1.35 bits per heavy atom. The lowest BCUT2D eigenvalue weighted by atomic mass is 10.1. The number of carboxylic acids is 1. The van der Waals surface area contributed by atoms with Crippen LogP contribution in [0.4, 0.5) is 11.5 Å². The Bertz CT molecular complexity index is 632. The van der Waals surface area contributed by atoms with Crippen molar-refractivity contribution in [3.63, 3.8) is 0 Å². The molecule has 0 saturated heterocycles. The molecule has 5 nitrogen and oxygen atoms in total. The van der Waals surface area contributed by atoms with E-state index < -0.39 is 5.97 Å². The molecular weight excluding hydrogens is 274 g/mol. The van der Waals surface area contributed by atoms with Gasteiger partial charge in [-0.15, -0.1) is 0 Å². The van der Waals surface area contributed by atoms with Crippen molar-refractivity contribution < 1.29 is 9.90 Å². The van der Waals surface area contributed by atoms with Gasteiger partial charge in [0.15, 0.2) is 5.16 Å². The van der Waals surface area contributed by atoms with E-state index in [1.165, 1.54) is 5.56 Å². The van der Waals surface area contributed by atoms with Crippen LogP contribution in [-0.2, 0) is 4.79 Å². The predicted octanol–water partition coefficient (Wildman–Crippen LogP) is 3.01. The summed E-state index contributed by atoms with van der Waals surface area (Å²) in [4.78, 5) is 18.9. The second kappa shape index (κ2) is 6.38. The standard InChI is InChI=1S/C14H15N3O2S/c1-9-4-3-5-11(10(9)2)16-12-6-7-15-14(17-12)20-8-13(18)19/h3-7H,8H2,1-2H3,(H,18,19)(H,15,16,17). The first-order valence-corrected chi connectivity index (χ1v) is 7.05. The van der Waals surface area contributed by atoms with Crippen molar-refractivity contribution in [3.05, 3.63) is 41.6 Å². The summed E-state index contributed by atoms with van der Waals surface area (Å²) in [6.07, 6.45) is 1.62. The maximum absolute atomic E-state index is 10.5. The number of aliphatic carboxylic acids is 1. The third kappa shape index (κ3) is 3.71. The van der Waals surface area contributed by atoms with Crippen LogP contribution in [-0.4, -0.2) is 26.8 Å². The maximum atomic E-state index is 10.5. The van der Waals surface area contributed by atoms with Gasteiger partial charge in [-0.25, -0.2) is 9.97 Å². The number of anilines is 2. The van der Waals surface area contributed by atoms with Crippen LogP contribution in [0.15, 0.2) is 35.6 Å². The average molecular weight is 289 g/mol. The van der Waals surface area contributed by atoms with Gasteiger partial charge in [0.2, 0.25) is 0 Å². The summed E-state index contributed by atoms with van der Waals surface area (Å²) in [5.74, 6) is -0.277. The van der Waals surface area contributed by atoms with Gasteiger partial charge in [-0.05, 0) is 37.1 Å². The molecule has 0 spiro atoms. The van der Waals surface area contributed by atoms with Crippen LogP contribution in [0.25, 0.3) is 0 Å². The van der Waals surface area contributed by atoms with Gasteiger partial charge in [-0.1, -0.05) is 23.9 Å². The molecule has 0 atom stereocenters. The fourth-order valence-corrected chi connectivity index (χ4v) is 2.18. The van der Waals surface area contributed by atoms with E-state index in [0.29, 0.717) is 11.0 Å². The Hall–Kier alpha value is -2.08. The monoisotopic (exact) mass is 289 g/mol. The number of aryl methyl sites for hydroxylation is 1. The van der Waals surface area contributed by atoms with Gasteiger partial charge in [0.25, 0.3) is 0 Å². The van der Waals surface area contributed by atoms with Crippen molar-refractivity contribution in [2.45, 2.75) is 19.0 Å². The average Bonchev–Trinajstić information content (AvgIpc) is 2.42. The second-order valence-electron chi connectivity index (χ2n) is 4.28. The quantitative estimate of drug-likeness (QED) is 0.651. The number of carbonyl (C=O) groups is 1. The van der Waals surface area contributed by atoms with E-state index in [0.717, 1.165) is 23.0 Å². The van der Waals surface area contributed by atoms with Crippen molar-refractivity contribution in [3.8, 4) is 0 Å². The minimum absolute atomic E-state index is 0.0487. The number of nitrogens with one attached hydrogen (secondary N) is 1. The van der Waals surface area contributed by atoms with Crippen molar-refractivity contribution in [1.82, 2.24) is 9.97 Å². The Kier molecular flexibility index (Phi) is 4.57. The summed E-state index contributed by atoms with van der Waals surface area (Å²) in [5, 5.41) is 12.3. The van der Waals surface area contributed by atoms with E-state index in [9.17, 15) is 4.79 Å². The number of carboxylic acid groups (broad SMARTS) is 1. The van der Waals surface area contributed by atoms with Crippen LogP contribution >= 0.6 is 11.8 Å². The number of hydrogen-bond acceptors (Lipinski definition) is 5. The number of nitrogens with zero attached hydrogens (tertiary/aromatic N) is 2. The van der Waals surface area contributed by atoms with Crippen LogP contribution in [0.2, 0.25) is 0 Å². The Labute approximate surface area is 121 Å². The Balaban J connectivity index is 2.15. The summed E-state index contributed by atoms with van der Waals surface area (Å²) in [6.45, 7) is 4.09. The summed E-state index contributed by atoms with van der Waals surface area (Å²) < 4.78 is 0. The highest BCUT2D eigenvalue weighted by Gasteiger charge is 2.05. The summed E-state index contributed by atoms with van der Waals surface area (Å²) in [6, 6.07) is 7.77. The molecule has 6 heteroatoms. The lowest BCUT2D eigenvalue weighted by Crippen LogP contribution is -2.01. The van der Waals surface area contributed by atoms with Crippen molar-refractivity contribution in [2.75, 3.05) is 11.1 Å². The van der Waals surface area contributed by atoms with Crippen LogP contribution in [0.5, 0.6) is 0 Å². The predicted molar refractivity (Wildman–Crippen MR) is 79.6 cm³/mol. The van der Waals surface area contributed by atoms with Gasteiger partial charge in [-0.3, -0.25) is 4.79 Å². The molecule has 2 aromatic rings. The second-order valence-corrected chi connectivity index (χ2v) is 5.22. The molecule has 2 rings (SSSR count). The normalized spacial score (nSPS) is 10.3. The summed E-state index contributed by atoms with van der Waals surface area (Å²) >= 11 is 1.10. The first-order chi connectivity index (χ1) is 9.56. The van der Waals surface area contributed by atoms with Gasteiger partial charge in [0.1, 0.15) is 5.82 Å². The van der Waals surface area contributed by atoms with Crippen molar-refractivity contribution in [1.29, 1.82) is 0 Å². The first kappa shape index (κ1) is 14.3. The van der Waals surface area contributed by atoms with Gasteiger partial charge in [0, 0.05) is 11.9 Å². The largest absolute Gasteiger partial charge is 0.481 e. The molecule has 0 amide bonds. The van der Waals surface area contributed by atoms with Crippen LogP contribution in [0, 0.1) is 13.8 Å². The molecule has 1 aromatic carbocycles. The summed E-state index contributed by atoms with van der Waals surface area (Å²) in [7, 11) is 0. The molecule has 0 saturated carbocycles. The van der Waals surface area contributed by atoms with Crippen LogP contribution in [0.3, 0.4) is 0 Å². The molecule has 0 radical (unpaired) electrons. The van der Waals surface area contributed by atoms with Crippen molar-refractivity contribution in [2.24, 2.45) is 0 Å². The SMILES string of the molecule is Cc1cccc(Nc2ccnc(SCC(=O)O)n2)c1C. The third-order valence-corrected chi connectivity index (χ3v) is 3.67. The van der Waals surface area contributed by atoms with Crippen LogP contribution in [0.1, 0.15) is 11.1 Å². The van der Waals surface area contributed by atoms with E-state index in [2.05, 4.69) is 28.3 Å². The lowest BCUT2D eigenvalue weighted by Gasteiger charge is -2.11. The van der Waals surface area contributed by atoms with Gasteiger partial charge in [-0.2, -0.15) is 0 Å². The maximum Gasteiger partial charge on any atom is 0.313 e. The molecule has 20 heavy (non-hydrogen) atoms. The molecular formula is C14H15N3O2S. The molecule has 0 aliphatic carbocycles. The molecule has 1 heterocycles. The molecule has 0 fully saturated rings. The zero-order valence-corrected chi connectivity index (χ0v) is 12.1. The third-order valence-electron chi connectivity index (χ3n) is 2.83. The van der Waals surface area contributed by atoms with E-state index in [-0.39, 0.29) is 5.75 Å². The Morgan fingerprint density at radius 3 is 2.90 bits per heavy atom. The Morgan fingerprint density at radius 2 is 2.15 bits per heavy atom. The fourth-order valence-electron chi connectivity index (χ4n) is 1.63. The minimum Gasteiger partial charge on any atom is -0.481 e. The molecule has 0 bridgehead atoms. The van der Waals surface area contributed by atoms with Crippen molar-refractivity contribution >= 4 is 29.2 Å². The zero-order valence-electron chi connectivity index (χ0n) is 11.3. The highest BCUT2D eigenvalue weighted by atomic mass is 32.2. The van der Waals surface area contributed by atoms with Crippen LogP contribution < -0.4 is 5.32 Å². The molecule has 104 valence electrons.